The van der Waals surface area contributed by atoms with Crippen molar-refractivity contribution in [2.75, 3.05) is 5.73 Å². The molecule has 0 fully saturated rings. The van der Waals surface area contributed by atoms with Gasteiger partial charge in [-0.2, -0.15) is 0 Å². The molecule has 2 N–H and O–H groups in total. The van der Waals surface area contributed by atoms with Gasteiger partial charge in [-0.15, -0.1) is 0 Å². The molecule has 1 aromatic heterocycles. The van der Waals surface area contributed by atoms with Crippen molar-refractivity contribution in [2.45, 2.75) is 27.2 Å². The lowest BCUT2D eigenvalue weighted by molar-refractivity contribution is -0.138. The Bertz CT molecular complexity index is 718. The summed E-state index contributed by atoms with van der Waals surface area (Å²) in [5, 5.41) is 0.630. The minimum Gasteiger partial charge on any atom is -0.426 e. The Hall–Kier alpha value is -2.30. The average Bonchev–Trinajstić information content (AvgIpc) is 2.41. The lowest BCUT2D eigenvalue weighted by atomic mass is 10.1. The Labute approximate surface area is 116 Å². The van der Waals surface area contributed by atoms with Gasteiger partial charge in [0.25, 0.3) is 0 Å². The Morgan fingerprint density at radius 2 is 2.15 bits per heavy atom. The fraction of sp³-hybridized carbons (Fsp3) is 0.333. The van der Waals surface area contributed by atoms with Crippen molar-refractivity contribution < 1.29 is 13.9 Å². The summed E-state index contributed by atoms with van der Waals surface area (Å²) in [6, 6.07) is 4.57. The van der Waals surface area contributed by atoms with Gasteiger partial charge in [0.2, 0.25) is 0 Å². The van der Waals surface area contributed by atoms with Crippen molar-refractivity contribution >= 4 is 22.6 Å². The van der Waals surface area contributed by atoms with E-state index in [9.17, 15) is 9.59 Å². The maximum atomic E-state index is 11.8. The standard InChI is InChI=1S/C15H17NO4/c1-4-8(2)15(18)19-12-6-5-10-11(16)7-13(17)20-14(10)9(12)3/h5-8H,4,16H2,1-3H3. The molecule has 0 radical (unpaired) electrons. The second-order valence-corrected chi connectivity index (χ2v) is 4.82. The Morgan fingerprint density at radius 1 is 1.45 bits per heavy atom. The highest BCUT2D eigenvalue weighted by atomic mass is 16.5. The van der Waals surface area contributed by atoms with Crippen molar-refractivity contribution in [3.05, 3.63) is 34.2 Å². The molecule has 1 heterocycles. The van der Waals surface area contributed by atoms with Gasteiger partial charge in [-0.3, -0.25) is 4.79 Å². The molecule has 1 unspecified atom stereocenters. The van der Waals surface area contributed by atoms with Gasteiger partial charge in [0.15, 0.2) is 0 Å². The van der Waals surface area contributed by atoms with E-state index in [1.807, 2.05) is 6.92 Å². The summed E-state index contributed by atoms with van der Waals surface area (Å²) < 4.78 is 10.5. The lowest BCUT2D eigenvalue weighted by Crippen LogP contribution is -2.17. The van der Waals surface area contributed by atoms with Crippen LogP contribution in [0.1, 0.15) is 25.8 Å². The molecule has 0 aliphatic rings. The van der Waals surface area contributed by atoms with Gasteiger partial charge < -0.3 is 14.9 Å². The smallest absolute Gasteiger partial charge is 0.338 e. The number of hydrogen-bond donors (Lipinski definition) is 1. The second-order valence-electron chi connectivity index (χ2n) is 4.82. The van der Waals surface area contributed by atoms with Crippen molar-refractivity contribution in [1.29, 1.82) is 0 Å². The largest absolute Gasteiger partial charge is 0.426 e. The number of hydrogen-bond acceptors (Lipinski definition) is 5. The van der Waals surface area contributed by atoms with Crippen LogP contribution in [-0.2, 0) is 4.79 Å². The van der Waals surface area contributed by atoms with Gasteiger partial charge in [-0.05, 0) is 25.5 Å². The normalized spacial score (nSPS) is 12.3. The summed E-state index contributed by atoms with van der Waals surface area (Å²) in [6.45, 7) is 5.44. The summed E-state index contributed by atoms with van der Waals surface area (Å²) in [5.41, 5.74) is 6.54. The zero-order valence-corrected chi connectivity index (χ0v) is 11.7. The first-order chi connectivity index (χ1) is 9.43. The Morgan fingerprint density at radius 3 is 2.80 bits per heavy atom. The van der Waals surface area contributed by atoms with Crippen molar-refractivity contribution in [2.24, 2.45) is 5.92 Å². The highest BCUT2D eigenvalue weighted by Gasteiger charge is 2.16. The Kier molecular flexibility index (Phi) is 3.79. The molecule has 106 valence electrons. The van der Waals surface area contributed by atoms with E-state index in [1.165, 1.54) is 6.07 Å². The van der Waals surface area contributed by atoms with Gasteiger partial charge in [0.1, 0.15) is 11.3 Å². The van der Waals surface area contributed by atoms with Crippen LogP contribution in [0.25, 0.3) is 11.0 Å². The molecule has 0 bridgehead atoms. The van der Waals surface area contributed by atoms with Crippen LogP contribution in [0.5, 0.6) is 5.75 Å². The van der Waals surface area contributed by atoms with Gasteiger partial charge in [0.05, 0.1) is 5.92 Å². The SMILES string of the molecule is CCC(C)C(=O)Oc1ccc2c(N)cc(=O)oc2c1C. The number of anilines is 1. The third-order valence-electron chi connectivity index (χ3n) is 3.37. The number of aryl methyl sites for hydroxylation is 1. The Balaban J connectivity index is 2.49. The second kappa shape index (κ2) is 5.36. The van der Waals surface area contributed by atoms with Crippen LogP contribution in [0.15, 0.2) is 27.4 Å². The summed E-state index contributed by atoms with van der Waals surface area (Å²) in [5.74, 6) is -0.101. The minimum atomic E-state index is -0.525. The van der Waals surface area contributed by atoms with E-state index in [4.69, 9.17) is 14.9 Å². The molecule has 2 aromatic rings. The maximum absolute atomic E-state index is 11.8. The summed E-state index contributed by atoms with van der Waals surface area (Å²) in [7, 11) is 0. The van der Waals surface area contributed by atoms with Crippen LogP contribution in [0.4, 0.5) is 5.69 Å². The van der Waals surface area contributed by atoms with Crippen LogP contribution in [-0.4, -0.2) is 5.97 Å². The third kappa shape index (κ3) is 2.52. The van der Waals surface area contributed by atoms with E-state index in [0.717, 1.165) is 0 Å². The molecule has 0 saturated carbocycles. The fourth-order valence-electron chi connectivity index (χ4n) is 1.85. The fourth-order valence-corrected chi connectivity index (χ4v) is 1.85. The van der Waals surface area contributed by atoms with Gasteiger partial charge in [0, 0.05) is 22.7 Å². The van der Waals surface area contributed by atoms with E-state index in [2.05, 4.69) is 0 Å². The van der Waals surface area contributed by atoms with Gasteiger partial charge in [-0.25, -0.2) is 4.79 Å². The van der Waals surface area contributed by atoms with E-state index < -0.39 is 5.63 Å². The number of nitrogen functional groups attached to an aromatic ring is 1. The molecule has 1 atom stereocenters. The van der Waals surface area contributed by atoms with E-state index in [1.54, 1.807) is 26.0 Å². The zero-order chi connectivity index (χ0) is 14.9. The predicted molar refractivity (Wildman–Crippen MR) is 76.7 cm³/mol. The van der Waals surface area contributed by atoms with Gasteiger partial charge >= 0.3 is 11.6 Å². The molecular weight excluding hydrogens is 258 g/mol. The quantitative estimate of drug-likeness (QED) is 0.529. The number of benzene rings is 1. The predicted octanol–water partition coefficient (Wildman–Crippen LogP) is 2.64. The summed E-state index contributed by atoms with van der Waals surface area (Å²) in [4.78, 5) is 23.2. The number of carbonyl (C=O) groups excluding carboxylic acids is 1. The number of rotatable bonds is 3. The van der Waals surface area contributed by atoms with Crippen molar-refractivity contribution in [3.63, 3.8) is 0 Å². The molecule has 5 heteroatoms. The molecule has 0 aliphatic heterocycles. The van der Waals surface area contributed by atoms with Crippen LogP contribution in [0.3, 0.4) is 0 Å². The van der Waals surface area contributed by atoms with Crippen molar-refractivity contribution in [3.8, 4) is 5.75 Å². The molecule has 2 rings (SSSR count). The summed E-state index contributed by atoms with van der Waals surface area (Å²) >= 11 is 0. The van der Waals surface area contributed by atoms with E-state index >= 15 is 0 Å². The number of ether oxygens (including phenoxy) is 1. The minimum absolute atomic E-state index is 0.182. The number of carbonyl (C=O) groups is 1. The molecular formula is C15H17NO4. The molecule has 0 spiro atoms. The number of fused-ring (bicyclic) bond motifs is 1. The van der Waals surface area contributed by atoms with Gasteiger partial charge in [-0.1, -0.05) is 13.8 Å². The number of nitrogens with two attached hydrogens (primary N) is 1. The van der Waals surface area contributed by atoms with Crippen LogP contribution in [0.2, 0.25) is 0 Å². The maximum Gasteiger partial charge on any atom is 0.338 e. The molecule has 5 nitrogen and oxygen atoms in total. The average molecular weight is 275 g/mol. The zero-order valence-electron chi connectivity index (χ0n) is 11.7. The molecule has 0 saturated heterocycles. The topological polar surface area (TPSA) is 82.5 Å². The molecule has 0 aliphatic carbocycles. The van der Waals surface area contributed by atoms with E-state index in [-0.39, 0.29) is 11.9 Å². The van der Waals surface area contributed by atoms with Crippen LogP contribution < -0.4 is 16.1 Å². The monoisotopic (exact) mass is 275 g/mol. The highest BCUT2D eigenvalue weighted by molar-refractivity contribution is 5.92. The van der Waals surface area contributed by atoms with Crippen LogP contribution >= 0.6 is 0 Å². The first kappa shape index (κ1) is 14.1. The lowest BCUT2D eigenvalue weighted by Gasteiger charge is -2.12. The molecule has 20 heavy (non-hydrogen) atoms. The summed E-state index contributed by atoms with van der Waals surface area (Å²) in [6.07, 6.45) is 0.702. The molecule has 1 aromatic carbocycles. The highest BCUT2D eigenvalue weighted by Crippen LogP contribution is 2.29. The molecule has 0 amide bonds. The van der Waals surface area contributed by atoms with Crippen LogP contribution in [0, 0.1) is 12.8 Å². The number of esters is 1. The van der Waals surface area contributed by atoms with E-state index in [0.29, 0.717) is 34.4 Å². The third-order valence-corrected chi connectivity index (χ3v) is 3.37. The first-order valence-electron chi connectivity index (χ1n) is 6.48. The first-order valence-corrected chi connectivity index (χ1v) is 6.48. The van der Waals surface area contributed by atoms with Crippen molar-refractivity contribution in [1.82, 2.24) is 0 Å².